The Kier molecular flexibility index (Phi) is 11.8. The normalized spacial score (nSPS) is 15.2. The number of aromatic hydroxyl groups is 1. The van der Waals surface area contributed by atoms with E-state index in [-0.39, 0.29) is 28.3 Å². The standard InChI is InChI=1S/C34H52O7S2/c1-31(2,3)21-13-19(14-22(26(21)36)32(4,5)6)42-18-43-20-15-23(33(7,8)9)29(24(16-20)34(10,11)12)41-17-25(35)27(37)28(38)30(39)40/h13-16,25,27-28,35-38H,17-18H2,1-12H3,(H,39,40)/t25-,27-,28-/m1/s1. The third-order valence-electron chi connectivity index (χ3n) is 7.20. The zero-order chi connectivity index (χ0) is 33.3. The fourth-order valence-corrected chi connectivity index (χ4v) is 6.71. The third-order valence-corrected chi connectivity index (χ3v) is 9.28. The van der Waals surface area contributed by atoms with Crippen molar-refractivity contribution in [3.05, 3.63) is 46.5 Å². The Morgan fingerprint density at radius 3 is 1.37 bits per heavy atom. The summed E-state index contributed by atoms with van der Waals surface area (Å²) in [6.45, 7) is 24.7. The summed E-state index contributed by atoms with van der Waals surface area (Å²) in [6.07, 6.45) is -5.61. The molecule has 5 N–H and O–H groups in total. The van der Waals surface area contributed by atoms with Crippen molar-refractivity contribution in [2.24, 2.45) is 0 Å². The van der Waals surface area contributed by atoms with Gasteiger partial charge in [-0.3, -0.25) is 0 Å². The number of benzene rings is 2. The van der Waals surface area contributed by atoms with Gasteiger partial charge in [-0.15, -0.1) is 23.5 Å². The largest absolute Gasteiger partial charge is 0.507 e. The molecule has 2 aromatic carbocycles. The van der Waals surface area contributed by atoms with Gasteiger partial charge in [-0.05, 0) is 45.9 Å². The molecule has 0 aliphatic carbocycles. The van der Waals surface area contributed by atoms with Crippen LogP contribution in [0.25, 0.3) is 0 Å². The molecule has 0 amide bonds. The SMILES string of the molecule is CC(C)(C)c1cc(SCSc2cc(C(C)(C)C)c(OC[C@@H](O)[C@@H](O)[C@@H](O)C(=O)O)c(C(C)(C)C)c2)cc(C(C)(C)C)c1O. The van der Waals surface area contributed by atoms with Gasteiger partial charge in [-0.2, -0.15) is 0 Å². The van der Waals surface area contributed by atoms with Crippen LogP contribution in [0.3, 0.4) is 0 Å². The van der Waals surface area contributed by atoms with Crippen LogP contribution in [0, 0.1) is 0 Å². The minimum Gasteiger partial charge on any atom is -0.507 e. The lowest BCUT2D eigenvalue weighted by atomic mass is 9.79. The Balaban J connectivity index is 2.44. The van der Waals surface area contributed by atoms with Gasteiger partial charge in [0, 0.05) is 37.1 Å². The first kappa shape index (κ1) is 37.3. The van der Waals surface area contributed by atoms with E-state index in [2.05, 4.69) is 107 Å². The Morgan fingerprint density at radius 2 is 1.05 bits per heavy atom. The molecular formula is C34H52O7S2. The maximum Gasteiger partial charge on any atom is 0.335 e. The zero-order valence-corrected chi connectivity index (χ0v) is 29.5. The second-order valence-corrected chi connectivity index (χ2v) is 17.7. The number of carboxylic acids is 1. The maximum absolute atomic E-state index is 11.1. The van der Waals surface area contributed by atoms with Gasteiger partial charge >= 0.3 is 5.97 Å². The number of aliphatic hydroxyl groups excluding tert-OH is 3. The van der Waals surface area contributed by atoms with E-state index in [0.29, 0.717) is 11.5 Å². The fraction of sp³-hybridized carbons (Fsp3) is 0.618. The second-order valence-electron chi connectivity index (χ2n) is 15.3. The first-order valence-electron chi connectivity index (χ1n) is 14.6. The van der Waals surface area contributed by atoms with E-state index in [4.69, 9.17) is 9.84 Å². The first-order chi connectivity index (χ1) is 19.4. The number of ether oxygens (including phenoxy) is 1. The Labute approximate surface area is 266 Å². The summed E-state index contributed by atoms with van der Waals surface area (Å²) >= 11 is 3.43. The zero-order valence-electron chi connectivity index (χ0n) is 27.8. The number of hydrogen-bond donors (Lipinski definition) is 5. The molecule has 2 rings (SSSR count). The molecule has 3 atom stereocenters. The van der Waals surface area contributed by atoms with Gasteiger partial charge in [-0.25, -0.2) is 4.79 Å². The van der Waals surface area contributed by atoms with Gasteiger partial charge in [0.25, 0.3) is 0 Å². The van der Waals surface area contributed by atoms with Crippen molar-refractivity contribution in [1.82, 2.24) is 0 Å². The second kappa shape index (κ2) is 13.6. The van der Waals surface area contributed by atoms with Crippen molar-refractivity contribution >= 4 is 29.5 Å². The molecule has 0 aliphatic rings. The predicted molar refractivity (Wildman–Crippen MR) is 177 cm³/mol. The van der Waals surface area contributed by atoms with Gasteiger partial charge in [0.1, 0.15) is 30.3 Å². The number of thioether (sulfide) groups is 2. The van der Waals surface area contributed by atoms with Crippen LogP contribution in [0.2, 0.25) is 0 Å². The molecule has 0 unspecified atom stereocenters. The molecule has 0 saturated heterocycles. The van der Waals surface area contributed by atoms with Crippen LogP contribution in [0.5, 0.6) is 11.5 Å². The highest BCUT2D eigenvalue weighted by Gasteiger charge is 2.33. The highest BCUT2D eigenvalue weighted by Crippen LogP contribution is 2.45. The summed E-state index contributed by atoms with van der Waals surface area (Å²) < 4.78 is 6.11. The summed E-state index contributed by atoms with van der Waals surface area (Å²) in [5.74, 6) is -0.670. The van der Waals surface area contributed by atoms with Crippen LogP contribution >= 0.6 is 23.5 Å². The molecule has 0 aromatic heterocycles. The van der Waals surface area contributed by atoms with Crippen LogP contribution in [0.4, 0.5) is 0 Å². The minimum absolute atomic E-state index is 0.206. The van der Waals surface area contributed by atoms with Gasteiger partial charge in [-0.1, -0.05) is 83.1 Å². The molecule has 2 aromatic rings. The molecule has 0 radical (unpaired) electrons. The Bertz CT molecular complexity index is 1210. The highest BCUT2D eigenvalue weighted by molar-refractivity contribution is 8.16. The van der Waals surface area contributed by atoms with Crippen molar-refractivity contribution in [3.63, 3.8) is 0 Å². The monoisotopic (exact) mass is 636 g/mol. The number of aliphatic carboxylic acids is 1. The van der Waals surface area contributed by atoms with E-state index < -0.39 is 24.3 Å². The van der Waals surface area contributed by atoms with Gasteiger partial charge < -0.3 is 30.3 Å². The van der Waals surface area contributed by atoms with Gasteiger partial charge in [0.2, 0.25) is 0 Å². The van der Waals surface area contributed by atoms with Crippen molar-refractivity contribution in [2.45, 2.75) is 133 Å². The van der Waals surface area contributed by atoms with Crippen LogP contribution < -0.4 is 4.74 Å². The molecule has 0 aliphatic heterocycles. The lowest BCUT2D eigenvalue weighted by Gasteiger charge is -2.31. The van der Waals surface area contributed by atoms with Crippen LogP contribution in [0.1, 0.15) is 105 Å². The van der Waals surface area contributed by atoms with Gasteiger partial charge in [0.15, 0.2) is 6.10 Å². The molecule has 0 fully saturated rings. The van der Waals surface area contributed by atoms with Crippen molar-refractivity contribution < 1.29 is 35.1 Å². The van der Waals surface area contributed by atoms with Crippen LogP contribution in [-0.2, 0) is 26.5 Å². The Morgan fingerprint density at radius 1 is 0.698 bits per heavy atom. The molecule has 9 heteroatoms. The average Bonchev–Trinajstić information content (AvgIpc) is 2.84. The molecule has 43 heavy (non-hydrogen) atoms. The lowest BCUT2D eigenvalue weighted by molar-refractivity contribution is -0.159. The number of rotatable bonds is 10. The van der Waals surface area contributed by atoms with E-state index in [9.17, 15) is 25.2 Å². The van der Waals surface area contributed by atoms with Crippen LogP contribution in [0.15, 0.2) is 34.1 Å². The third kappa shape index (κ3) is 9.79. The molecule has 0 bridgehead atoms. The smallest absolute Gasteiger partial charge is 0.335 e. The lowest BCUT2D eigenvalue weighted by Crippen LogP contribution is -2.44. The summed E-state index contributed by atoms with van der Waals surface area (Å²) in [6, 6.07) is 8.36. The Hall–Kier alpha value is -1.91. The number of aliphatic hydroxyl groups is 3. The molecule has 0 spiro atoms. The molecule has 7 nitrogen and oxygen atoms in total. The molecular weight excluding hydrogens is 585 g/mol. The summed E-state index contributed by atoms with van der Waals surface area (Å²) in [7, 11) is 0. The van der Waals surface area contributed by atoms with E-state index in [1.165, 1.54) is 0 Å². The van der Waals surface area contributed by atoms with Crippen molar-refractivity contribution in [2.75, 3.05) is 11.7 Å². The minimum atomic E-state index is -2.12. The number of phenols is 1. The van der Waals surface area contributed by atoms with Crippen molar-refractivity contribution in [1.29, 1.82) is 0 Å². The van der Waals surface area contributed by atoms with Crippen molar-refractivity contribution in [3.8, 4) is 11.5 Å². The summed E-state index contributed by atoms with van der Waals surface area (Å²) in [5.41, 5.74) is 2.63. The maximum atomic E-state index is 11.1. The topological polar surface area (TPSA) is 127 Å². The fourth-order valence-electron chi connectivity index (χ4n) is 4.58. The molecule has 242 valence electrons. The number of carbonyl (C=O) groups is 1. The predicted octanol–water partition coefficient (Wildman–Crippen LogP) is 6.97. The average molecular weight is 637 g/mol. The molecule has 0 saturated carbocycles. The number of carboxylic acid groups (broad SMARTS) is 1. The quantitative estimate of drug-likeness (QED) is 0.139. The summed E-state index contributed by atoms with van der Waals surface area (Å²) in [5, 5.41) is 51.0. The molecule has 0 heterocycles. The van der Waals surface area contributed by atoms with E-state index in [1.54, 1.807) is 23.5 Å². The van der Waals surface area contributed by atoms with Gasteiger partial charge in [0.05, 0.1) is 0 Å². The van der Waals surface area contributed by atoms with E-state index in [1.807, 2.05) is 0 Å². The summed E-state index contributed by atoms with van der Waals surface area (Å²) in [4.78, 5) is 13.2. The van der Waals surface area contributed by atoms with E-state index >= 15 is 0 Å². The highest BCUT2D eigenvalue weighted by atomic mass is 32.2. The van der Waals surface area contributed by atoms with Crippen LogP contribution in [-0.4, -0.2) is 61.5 Å². The first-order valence-corrected chi connectivity index (χ1v) is 16.5. The van der Waals surface area contributed by atoms with E-state index in [0.717, 1.165) is 37.1 Å². The number of hydrogen-bond acceptors (Lipinski definition) is 8. The number of phenolic OH excluding ortho intramolecular Hbond substituents is 1.